The summed E-state index contributed by atoms with van der Waals surface area (Å²) < 4.78 is 6.31. The molecule has 2 aromatic rings. The van der Waals surface area contributed by atoms with E-state index in [4.69, 9.17) is 4.52 Å². The molecule has 4 nitrogen and oxygen atoms in total. The topological polar surface area (TPSA) is 56.0 Å². The summed E-state index contributed by atoms with van der Waals surface area (Å²) in [6, 6.07) is 3.95. The molecule has 0 spiro atoms. The van der Waals surface area contributed by atoms with Crippen LogP contribution in [0.5, 0.6) is 0 Å². The Bertz CT molecular complexity index is 565. The molecule has 0 saturated heterocycles. The number of hydrogen-bond donors (Lipinski definition) is 0. The molecule has 2 rings (SSSR count). The van der Waals surface area contributed by atoms with Crippen molar-refractivity contribution in [3.8, 4) is 10.7 Å². The molecular formula is C14H17BrN2O2S. The monoisotopic (exact) mass is 356 g/mol. The average molecular weight is 357 g/mol. The molecule has 0 fully saturated rings. The smallest absolute Gasteiger partial charge is 0.226 e. The third-order valence-electron chi connectivity index (χ3n) is 2.93. The van der Waals surface area contributed by atoms with Crippen LogP contribution in [-0.4, -0.2) is 15.9 Å². The van der Waals surface area contributed by atoms with Crippen LogP contribution in [0.2, 0.25) is 0 Å². The SMILES string of the molecule is CC(=O)CCCCCCc1nc(-c2ccc(Br)s2)no1. The van der Waals surface area contributed by atoms with E-state index in [0.29, 0.717) is 18.1 Å². The van der Waals surface area contributed by atoms with Crippen LogP contribution in [0.4, 0.5) is 0 Å². The molecule has 20 heavy (non-hydrogen) atoms. The second kappa shape index (κ2) is 7.69. The molecule has 0 N–H and O–H groups in total. The number of carbonyl (C=O) groups excluding carboxylic acids is 1. The largest absolute Gasteiger partial charge is 0.339 e. The normalized spacial score (nSPS) is 10.9. The fourth-order valence-electron chi connectivity index (χ4n) is 1.89. The molecule has 108 valence electrons. The summed E-state index contributed by atoms with van der Waals surface area (Å²) in [6.07, 6.45) is 5.67. The van der Waals surface area contributed by atoms with Crippen molar-refractivity contribution in [2.75, 3.05) is 0 Å². The van der Waals surface area contributed by atoms with Gasteiger partial charge in [-0.15, -0.1) is 11.3 Å². The van der Waals surface area contributed by atoms with Crippen molar-refractivity contribution >= 4 is 33.0 Å². The highest BCUT2D eigenvalue weighted by Gasteiger charge is 2.10. The van der Waals surface area contributed by atoms with Crippen molar-refractivity contribution in [2.24, 2.45) is 0 Å². The molecule has 0 aromatic carbocycles. The molecule has 2 heterocycles. The van der Waals surface area contributed by atoms with Crippen LogP contribution >= 0.6 is 27.3 Å². The second-order valence-electron chi connectivity index (χ2n) is 4.73. The van der Waals surface area contributed by atoms with E-state index in [1.807, 2.05) is 12.1 Å². The molecule has 0 aliphatic carbocycles. The maximum absolute atomic E-state index is 10.8. The third kappa shape index (κ3) is 4.83. The quantitative estimate of drug-likeness (QED) is 0.646. The van der Waals surface area contributed by atoms with Gasteiger partial charge in [-0.2, -0.15) is 4.98 Å². The van der Waals surface area contributed by atoms with E-state index in [9.17, 15) is 4.79 Å². The molecule has 0 unspecified atom stereocenters. The van der Waals surface area contributed by atoms with Gasteiger partial charge in [-0.05, 0) is 47.8 Å². The molecule has 6 heteroatoms. The van der Waals surface area contributed by atoms with Crippen molar-refractivity contribution in [2.45, 2.75) is 45.4 Å². The molecule has 0 bridgehead atoms. The first-order chi connectivity index (χ1) is 9.65. The highest BCUT2D eigenvalue weighted by Crippen LogP contribution is 2.29. The van der Waals surface area contributed by atoms with Gasteiger partial charge < -0.3 is 9.32 Å². The van der Waals surface area contributed by atoms with Gasteiger partial charge in [0, 0.05) is 12.8 Å². The Morgan fingerprint density at radius 1 is 1.30 bits per heavy atom. The zero-order valence-corrected chi connectivity index (χ0v) is 13.8. The number of Topliss-reactive ketones (excluding diaryl/α,β-unsaturated/α-hetero) is 1. The number of nitrogens with zero attached hydrogens (tertiary/aromatic N) is 2. The molecule has 0 saturated carbocycles. The van der Waals surface area contributed by atoms with Gasteiger partial charge in [0.25, 0.3) is 0 Å². The minimum absolute atomic E-state index is 0.272. The minimum atomic E-state index is 0.272. The van der Waals surface area contributed by atoms with E-state index in [0.717, 1.165) is 40.8 Å². The summed E-state index contributed by atoms with van der Waals surface area (Å²) in [5.41, 5.74) is 0. The fraction of sp³-hybridized carbons (Fsp3) is 0.500. The van der Waals surface area contributed by atoms with Crippen molar-refractivity contribution < 1.29 is 9.32 Å². The lowest BCUT2D eigenvalue weighted by Crippen LogP contribution is -1.90. The van der Waals surface area contributed by atoms with Gasteiger partial charge in [-0.25, -0.2) is 0 Å². The van der Waals surface area contributed by atoms with Gasteiger partial charge in [-0.3, -0.25) is 0 Å². The van der Waals surface area contributed by atoms with E-state index in [1.165, 1.54) is 0 Å². The van der Waals surface area contributed by atoms with E-state index in [2.05, 4.69) is 26.1 Å². The summed E-state index contributed by atoms with van der Waals surface area (Å²) in [4.78, 5) is 16.2. The number of carbonyl (C=O) groups is 1. The van der Waals surface area contributed by atoms with E-state index < -0.39 is 0 Å². The molecular weight excluding hydrogens is 340 g/mol. The lowest BCUT2D eigenvalue weighted by Gasteiger charge is -1.97. The summed E-state index contributed by atoms with van der Waals surface area (Å²) in [7, 11) is 0. The van der Waals surface area contributed by atoms with E-state index in [-0.39, 0.29) is 5.78 Å². The number of rotatable bonds is 8. The van der Waals surface area contributed by atoms with Gasteiger partial charge >= 0.3 is 0 Å². The Morgan fingerprint density at radius 2 is 2.10 bits per heavy atom. The molecule has 0 amide bonds. The van der Waals surface area contributed by atoms with Crippen LogP contribution < -0.4 is 0 Å². The van der Waals surface area contributed by atoms with Crippen LogP contribution in [0.3, 0.4) is 0 Å². The summed E-state index contributed by atoms with van der Waals surface area (Å²) in [5, 5.41) is 4.00. The zero-order valence-electron chi connectivity index (χ0n) is 11.4. The van der Waals surface area contributed by atoms with Crippen LogP contribution in [0.25, 0.3) is 10.7 Å². The Labute approximate surface area is 130 Å². The fourth-order valence-corrected chi connectivity index (χ4v) is 3.21. The highest BCUT2D eigenvalue weighted by molar-refractivity contribution is 9.11. The highest BCUT2D eigenvalue weighted by atomic mass is 79.9. The Balaban J connectivity index is 1.72. The van der Waals surface area contributed by atoms with Gasteiger partial charge in [0.1, 0.15) is 5.78 Å². The van der Waals surface area contributed by atoms with Gasteiger partial charge in [0.05, 0.1) is 8.66 Å². The predicted octanol–water partition coefficient (Wildman–Crippen LogP) is 4.64. The van der Waals surface area contributed by atoms with Crippen molar-refractivity contribution in [3.05, 3.63) is 21.8 Å². The summed E-state index contributed by atoms with van der Waals surface area (Å²) in [5.74, 6) is 1.62. The number of aryl methyl sites for hydroxylation is 1. The van der Waals surface area contributed by atoms with Gasteiger partial charge in [0.15, 0.2) is 0 Å². The number of thiophene rings is 1. The van der Waals surface area contributed by atoms with Crippen LogP contribution in [0, 0.1) is 0 Å². The number of ketones is 1. The van der Waals surface area contributed by atoms with Crippen LogP contribution in [-0.2, 0) is 11.2 Å². The lowest BCUT2D eigenvalue weighted by atomic mass is 10.1. The molecule has 2 aromatic heterocycles. The number of hydrogen-bond acceptors (Lipinski definition) is 5. The number of halogens is 1. The molecule has 0 aliphatic rings. The van der Waals surface area contributed by atoms with Crippen molar-refractivity contribution in [3.63, 3.8) is 0 Å². The first-order valence-electron chi connectivity index (χ1n) is 6.73. The summed E-state index contributed by atoms with van der Waals surface area (Å²) >= 11 is 5.01. The molecule has 0 radical (unpaired) electrons. The predicted molar refractivity (Wildman–Crippen MR) is 82.8 cm³/mol. The Kier molecular flexibility index (Phi) is 5.91. The van der Waals surface area contributed by atoms with Gasteiger partial charge in [0.2, 0.25) is 11.7 Å². The molecule has 0 aliphatic heterocycles. The van der Waals surface area contributed by atoms with Crippen LogP contribution in [0.1, 0.15) is 44.9 Å². The first kappa shape index (κ1) is 15.4. The molecule has 0 atom stereocenters. The maximum atomic E-state index is 10.8. The maximum Gasteiger partial charge on any atom is 0.226 e. The number of aromatic nitrogens is 2. The summed E-state index contributed by atoms with van der Waals surface area (Å²) in [6.45, 7) is 1.64. The van der Waals surface area contributed by atoms with Crippen molar-refractivity contribution in [1.82, 2.24) is 10.1 Å². The second-order valence-corrected chi connectivity index (χ2v) is 7.19. The average Bonchev–Trinajstić information content (AvgIpc) is 3.02. The third-order valence-corrected chi connectivity index (χ3v) is 4.55. The van der Waals surface area contributed by atoms with Gasteiger partial charge in [-0.1, -0.05) is 18.0 Å². The standard InChI is InChI=1S/C14H17BrN2O2S/c1-10(18)6-4-2-3-5-7-13-16-14(17-19-13)11-8-9-12(15)20-11/h8-9H,2-7H2,1H3. The number of unbranched alkanes of at least 4 members (excludes halogenated alkanes) is 3. The Morgan fingerprint density at radius 3 is 2.80 bits per heavy atom. The Hall–Kier alpha value is -1.01. The van der Waals surface area contributed by atoms with Crippen molar-refractivity contribution in [1.29, 1.82) is 0 Å². The minimum Gasteiger partial charge on any atom is -0.339 e. The zero-order chi connectivity index (χ0) is 14.4. The first-order valence-corrected chi connectivity index (χ1v) is 8.34. The van der Waals surface area contributed by atoms with E-state index in [1.54, 1.807) is 18.3 Å². The lowest BCUT2D eigenvalue weighted by molar-refractivity contribution is -0.117. The van der Waals surface area contributed by atoms with E-state index >= 15 is 0 Å². The van der Waals surface area contributed by atoms with Crippen LogP contribution in [0.15, 0.2) is 20.4 Å².